The Kier molecular flexibility index (Phi) is 10.6. The minimum absolute atomic E-state index is 0. The van der Waals surface area contributed by atoms with Crippen LogP contribution in [0.4, 0.5) is 0 Å². The van der Waals surface area contributed by atoms with Gasteiger partial charge >= 0.3 is 0 Å². The average Bonchev–Trinajstić information content (AvgIpc) is 2.67. The molecular weight excluding hydrogens is 465 g/mol. The van der Waals surface area contributed by atoms with E-state index in [0.717, 1.165) is 37.8 Å². The van der Waals surface area contributed by atoms with Crippen molar-refractivity contribution < 1.29 is 9.47 Å². The smallest absolute Gasteiger partial charge is 0.191 e. The molecular formula is C22H38IN3O2. The molecule has 1 aromatic carbocycles. The number of benzene rings is 1. The fourth-order valence-electron chi connectivity index (χ4n) is 3.89. The van der Waals surface area contributed by atoms with Crippen LogP contribution in [0.5, 0.6) is 5.75 Å². The Bertz CT molecular complexity index is 616. The summed E-state index contributed by atoms with van der Waals surface area (Å²) >= 11 is 0. The van der Waals surface area contributed by atoms with Crippen molar-refractivity contribution in [1.82, 2.24) is 10.6 Å². The summed E-state index contributed by atoms with van der Waals surface area (Å²) in [5, 5.41) is 6.96. The van der Waals surface area contributed by atoms with Crippen LogP contribution in [0.15, 0.2) is 29.3 Å². The molecule has 0 saturated carbocycles. The molecule has 6 heteroatoms. The minimum Gasteiger partial charge on any atom is -0.496 e. The van der Waals surface area contributed by atoms with Gasteiger partial charge in [-0.2, -0.15) is 0 Å². The van der Waals surface area contributed by atoms with Crippen molar-refractivity contribution >= 4 is 29.9 Å². The molecule has 0 bridgehead atoms. The number of halogens is 1. The highest BCUT2D eigenvalue weighted by atomic mass is 127. The Labute approximate surface area is 188 Å². The maximum atomic E-state index is 6.09. The lowest BCUT2D eigenvalue weighted by molar-refractivity contribution is -0.0835. The molecule has 1 aromatic rings. The Balaban J connectivity index is 0.00000392. The van der Waals surface area contributed by atoms with Crippen molar-refractivity contribution in [2.45, 2.75) is 52.6 Å². The van der Waals surface area contributed by atoms with E-state index in [1.165, 1.54) is 12.0 Å². The van der Waals surface area contributed by atoms with Crippen LogP contribution in [-0.4, -0.2) is 45.9 Å². The number of nitrogens with one attached hydrogen (secondary N) is 2. The van der Waals surface area contributed by atoms with E-state index in [1.807, 2.05) is 19.2 Å². The van der Waals surface area contributed by atoms with E-state index < -0.39 is 0 Å². The van der Waals surface area contributed by atoms with Gasteiger partial charge in [-0.05, 0) is 29.9 Å². The molecule has 1 aliphatic heterocycles. The van der Waals surface area contributed by atoms with Gasteiger partial charge in [0.2, 0.25) is 0 Å². The second kappa shape index (κ2) is 11.9. The van der Waals surface area contributed by atoms with Crippen molar-refractivity contribution in [2.75, 3.05) is 33.9 Å². The fourth-order valence-corrected chi connectivity index (χ4v) is 3.89. The van der Waals surface area contributed by atoms with Crippen LogP contribution in [0.2, 0.25) is 0 Å². The van der Waals surface area contributed by atoms with E-state index in [0.29, 0.717) is 11.8 Å². The van der Waals surface area contributed by atoms with Crippen LogP contribution in [0.25, 0.3) is 0 Å². The maximum absolute atomic E-state index is 6.09. The van der Waals surface area contributed by atoms with Crippen molar-refractivity contribution in [3.8, 4) is 5.75 Å². The van der Waals surface area contributed by atoms with Gasteiger partial charge in [-0.3, -0.25) is 4.99 Å². The number of hydrogen-bond donors (Lipinski definition) is 2. The molecule has 2 rings (SSSR count). The molecule has 0 aliphatic carbocycles. The molecule has 28 heavy (non-hydrogen) atoms. The molecule has 0 amide bonds. The Hall–Kier alpha value is -1.02. The molecule has 0 aromatic heterocycles. The Morgan fingerprint density at radius 1 is 1.29 bits per heavy atom. The van der Waals surface area contributed by atoms with Gasteiger partial charge in [-0.25, -0.2) is 0 Å². The van der Waals surface area contributed by atoms with Gasteiger partial charge in [-0.15, -0.1) is 24.0 Å². The van der Waals surface area contributed by atoms with Crippen LogP contribution >= 0.6 is 24.0 Å². The zero-order valence-corrected chi connectivity index (χ0v) is 20.6. The second-order valence-corrected chi connectivity index (χ2v) is 8.54. The van der Waals surface area contributed by atoms with E-state index in [-0.39, 0.29) is 35.5 Å². The normalized spacial score (nSPS) is 21.4. The summed E-state index contributed by atoms with van der Waals surface area (Å²) in [6, 6.07) is 8.18. The third-order valence-corrected chi connectivity index (χ3v) is 5.30. The average molecular weight is 503 g/mol. The lowest BCUT2D eigenvalue weighted by atomic mass is 9.78. The highest BCUT2D eigenvalue weighted by Crippen LogP contribution is 2.33. The van der Waals surface area contributed by atoms with E-state index in [4.69, 9.17) is 9.47 Å². The van der Waals surface area contributed by atoms with E-state index in [9.17, 15) is 0 Å². The molecule has 1 aliphatic rings. The van der Waals surface area contributed by atoms with E-state index in [1.54, 1.807) is 7.11 Å². The van der Waals surface area contributed by atoms with Crippen LogP contribution in [0.1, 0.15) is 52.0 Å². The third-order valence-electron chi connectivity index (χ3n) is 5.30. The summed E-state index contributed by atoms with van der Waals surface area (Å²) in [7, 11) is 3.54. The molecule has 1 saturated heterocycles. The van der Waals surface area contributed by atoms with Crippen LogP contribution in [0, 0.1) is 11.3 Å². The zero-order valence-electron chi connectivity index (χ0n) is 18.2. The van der Waals surface area contributed by atoms with Crippen LogP contribution < -0.4 is 15.4 Å². The maximum Gasteiger partial charge on any atom is 0.191 e. The summed E-state index contributed by atoms with van der Waals surface area (Å²) in [6.45, 7) is 11.5. The van der Waals surface area contributed by atoms with Crippen molar-refractivity contribution in [3.63, 3.8) is 0 Å². The Morgan fingerprint density at radius 3 is 2.64 bits per heavy atom. The molecule has 0 spiro atoms. The summed E-state index contributed by atoms with van der Waals surface area (Å²) in [4.78, 5) is 4.39. The monoisotopic (exact) mass is 503 g/mol. The molecule has 3 atom stereocenters. The lowest BCUT2D eigenvalue weighted by Crippen LogP contribution is -2.47. The number of ether oxygens (including phenoxy) is 2. The zero-order chi connectivity index (χ0) is 19.9. The van der Waals surface area contributed by atoms with Gasteiger partial charge in [0.05, 0.1) is 13.2 Å². The van der Waals surface area contributed by atoms with Gasteiger partial charge in [0.25, 0.3) is 0 Å². The third kappa shape index (κ3) is 7.10. The number of rotatable bonds is 6. The van der Waals surface area contributed by atoms with Crippen molar-refractivity contribution in [1.29, 1.82) is 0 Å². The first-order valence-corrected chi connectivity index (χ1v) is 10.1. The van der Waals surface area contributed by atoms with Crippen molar-refractivity contribution in [3.05, 3.63) is 29.8 Å². The van der Waals surface area contributed by atoms with Gasteiger partial charge in [0.1, 0.15) is 5.75 Å². The number of nitrogens with zero attached hydrogens (tertiary/aromatic N) is 1. The number of methoxy groups -OCH3 is 1. The standard InChI is InChI=1S/C22H37N3O2.HI/c1-16(18-11-7-8-12-19(18)26-6)14-24-21(23-5)25-15-17-10-9-13-27-20(17)22(2,3)4;/h7-8,11-12,16-17,20H,9-10,13-15H2,1-6H3,(H2,23,24,25);1H. The molecule has 2 N–H and O–H groups in total. The largest absolute Gasteiger partial charge is 0.496 e. The van der Waals surface area contributed by atoms with Gasteiger partial charge < -0.3 is 20.1 Å². The summed E-state index contributed by atoms with van der Waals surface area (Å²) in [5.74, 6) is 2.60. The highest BCUT2D eigenvalue weighted by molar-refractivity contribution is 14.0. The summed E-state index contributed by atoms with van der Waals surface area (Å²) < 4.78 is 11.6. The van der Waals surface area contributed by atoms with E-state index >= 15 is 0 Å². The predicted octanol–water partition coefficient (Wildman–Crippen LogP) is 4.42. The molecule has 160 valence electrons. The second-order valence-electron chi connectivity index (χ2n) is 8.54. The number of aliphatic imine (C=N–C) groups is 1. The molecule has 1 fully saturated rings. The van der Waals surface area contributed by atoms with Crippen LogP contribution in [-0.2, 0) is 4.74 Å². The van der Waals surface area contributed by atoms with Crippen LogP contribution in [0.3, 0.4) is 0 Å². The minimum atomic E-state index is 0. The van der Waals surface area contributed by atoms with Crippen molar-refractivity contribution in [2.24, 2.45) is 16.3 Å². The molecule has 5 nitrogen and oxygen atoms in total. The topological polar surface area (TPSA) is 54.9 Å². The van der Waals surface area contributed by atoms with Gasteiger partial charge in [0.15, 0.2) is 5.96 Å². The Morgan fingerprint density at radius 2 is 2.00 bits per heavy atom. The molecule has 3 unspecified atom stereocenters. The first kappa shape index (κ1) is 25.0. The number of hydrogen-bond acceptors (Lipinski definition) is 3. The quantitative estimate of drug-likeness (QED) is 0.343. The fraction of sp³-hybridized carbons (Fsp3) is 0.682. The van der Waals surface area contributed by atoms with Gasteiger partial charge in [-0.1, -0.05) is 45.9 Å². The highest BCUT2D eigenvalue weighted by Gasteiger charge is 2.35. The molecule has 1 heterocycles. The molecule has 0 radical (unpaired) electrons. The number of para-hydroxylation sites is 1. The number of guanidine groups is 1. The lowest BCUT2D eigenvalue weighted by Gasteiger charge is -2.40. The SMILES string of the molecule is CN=C(NCC(C)c1ccccc1OC)NCC1CCCOC1C(C)(C)C.I. The summed E-state index contributed by atoms with van der Waals surface area (Å²) in [5.41, 5.74) is 1.36. The van der Waals surface area contributed by atoms with E-state index in [2.05, 4.69) is 55.5 Å². The predicted molar refractivity (Wildman–Crippen MR) is 128 cm³/mol. The van der Waals surface area contributed by atoms with Gasteiger partial charge in [0, 0.05) is 38.6 Å². The first-order valence-electron chi connectivity index (χ1n) is 10.1. The summed E-state index contributed by atoms with van der Waals surface area (Å²) in [6.07, 6.45) is 2.61. The first-order chi connectivity index (χ1) is 12.9.